The van der Waals surface area contributed by atoms with Gasteiger partial charge in [0.1, 0.15) is 5.82 Å². The predicted octanol–water partition coefficient (Wildman–Crippen LogP) is 4.74. The van der Waals surface area contributed by atoms with E-state index in [1.54, 1.807) is 6.07 Å². The zero-order chi connectivity index (χ0) is 18.3. The van der Waals surface area contributed by atoms with Gasteiger partial charge in [-0.25, -0.2) is 4.39 Å². The molecule has 4 heteroatoms. The lowest BCUT2D eigenvalue weighted by Gasteiger charge is -2.58. The van der Waals surface area contributed by atoms with Crippen LogP contribution in [0.5, 0.6) is 0 Å². The van der Waals surface area contributed by atoms with Crippen LogP contribution in [-0.4, -0.2) is 27.8 Å². The van der Waals surface area contributed by atoms with Crippen LogP contribution < -0.4 is 0 Å². The largest absolute Gasteiger partial charge is 0.284 e. The molecule has 3 nitrogen and oxygen atoms in total. The van der Waals surface area contributed by atoms with Crippen LogP contribution in [0, 0.1) is 29.0 Å². The standard InChI is InChI=1S/C23H30FN3/c24-22-4-1-3-18(12-22)5-8-26(17-27-7-2-6-25-27)16-23-13-19-9-20(14-23)11-21(10-19)15-23/h1-4,6-7,12,19-21H,5,8-11,13-17H2. The van der Waals surface area contributed by atoms with Crippen LogP contribution in [0.2, 0.25) is 0 Å². The molecule has 0 amide bonds. The van der Waals surface area contributed by atoms with Gasteiger partial charge >= 0.3 is 0 Å². The Labute approximate surface area is 161 Å². The fourth-order valence-electron chi connectivity index (χ4n) is 6.73. The summed E-state index contributed by atoms with van der Waals surface area (Å²) in [5.74, 6) is 2.80. The summed E-state index contributed by atoms with van der Waals surface area (Å²) in [6.45, 7) is 2.97. The third-order valence-electron chi connectivity index (χ3n) is 7.23. The Kier molecular flexibility index (Phi) is 4.55. The summed E-state index contributed by atoms with van der Waals surface area (Å²) in [6, 6.07) is 9.06. The predicted molar refractivity (Wildman–Crippen MR) is 105 cm³/mol. The lowest BCUT2D eigenvalue weighted by atomic mass is 9.49. The average molecular weight is 368 g/mol. The number of halogens is 1. The molecule has 6 rings (SSSR count). The van der Waals surface area contributed by atoms with E-state index in [1.165, 1.54) is 51.1 Å². The molecule has 0 aliphatic heterocycles. The number of hydrogen-bond acceptors (Lipinski definition) is 2. The number of hydrogen-bond donors (Lipinski definition) is 0. The normalized spacial score (nSPS) is 31.7. The highest BCUT2D eigenvalue weighted by molar-refractivity contribution is 5.16. The number of benzene rings is 1. The fraction of sp³-hybridized carbons (Fsp3) is 0.609. The van der Waals surface area contributed by atoms with Gasteiger partial charge < -0.3 is 0 Å². The minimum atomic E-state index is -0.132. The SMILES string of the molecule is Fc1cccc(CCN(Cn2cccn2)CC23CC4CC(CC(C4)C2)C3)c1. The van der Waals surface area contributed by atoms with Gasteiger partial charge in [0.15, 0.2) is 0 Å². The van der Waals surface area contributed by atoms with E-state index in [4.69, 9.17) is 0 Å². The fourth-order valence-corrected chi connectivity index (χ4v) is 6.73. The molecule has 2 aromatic rings. The van der Waals surface area contributed by atoms with Crippen LogP contribution in [0.15, 0.2) is 42.7 Å². The second-order valence-electron chi connectivity index (χ2n) is 9.54. The van der Waals surface area contributed by atoms with Gasteiger partial charge in [-0.3, -0.25) is 9.58 Å². The third kappa shape index (κ3) is 3.82. The van der Waals surface area contributed by atoms with Gasteiger partial charge in [-0.15, -0.1) is 0 Å². The minimum absolute atomic E-state index is 0.132. The van der Waals surface area contributed by atoms with E-state index in [9.17, 15) is 4.39 Å². The van der Waals surface area contributed by atoms with Crippen LogP contribution in [0.3, 0.4) is 0 Å². The van der Waals surface area contributed by atoms with E-state index in [2.05, 4.69) is 16.2 Å². The second-order valence-corrected chi connectivity index (χ2v) is 9.54. The Balaban J connectivity index is 1.31. The molecular weight excluding hydrogens is 337 g/mol. The highest BCUT2D eigenvalue weighted by atomic mass is 19.1. The van der Waals surface area contributed by atoms with Crippen molar-refractivity contribution in [3.8, 4) is 0 Å². The zero-order valence-electron chi connectivity index (χ0n) is 16.1. The van der Waals surface area contributed by atoms with Crippen LogP contribution in [0.1, 0.15) is 44.1 Å². The summed E-state index contributed by atoms with van der Waals surface area (Å²) in [7, 11) is 0. The second kappa shape index (κ2) is 7.05. The molecule has 1 aromatic heterocycles. The van der Waals surface area contributed by atoms with Crippen LogP contribution in [0.4, 0.5) is 4.39 Å². The highest BCUT2D eigenvalue weighted by Crippen LogP contribution is 2.60. The molecule has 0 unspecified atom stereocenters. The molecule has 4 saturated carbocycles. The Hall–Kier alpha value is -1.68. The maximum absolute atomic E-state index is 13.6. The quantitative estimate of drug-likeness (QED) is 0.705. The number of rotatable bonds is 7. The van der Waals surface area contributed by atoms with Gasteiger partial charge in [-0.1, -0.05) is 12.1 Å². The Morgan fingerprint density at radius 3 is 2.44 bits per heavy atom. The molecule has 4 fully saturated rings. The lowest BCUT2D eigenvalue weighted by Crippen LogP contribution is -2.51. The summed E-state index contributed by atoms with van der Waals surface area (Å²) in [5, 5.41) is 4.43. The summed E-state index contributed by atoms with van der Waals surface area (Å²) in [6.07, 6.45) is 13.5. The first-order valence-corrected chi connectivity index (χ1v) is 10.6. The van der Waals surface area contributed by atoms with Crippen molar-refractivity contribution < 1.29 is 4.39 Å². The first kappa shape index (κ1) is 17.4. The van der Waals surface area contributed by atoms with Crippen LogP contribution >= 0.6 is 0 Å². The van der Waals surface area contributed by atoms with Gasteiger partial charge in [0, 0.05) is 25.5 Å². The van der Waals surface area contributed by atoms with Gasteiger partial charge in [0.05, 0.1) is 6.67 Å². The lowest BCUT2D eigenvalue weighted by molar-refractivity contribution is -0.0731. The Morgan fingerprint density at radius 1 is 1.07 bits per heavy atom. The molecular formula is C23H30FN3. The zero-order valence-corrected chi connectivity index (χ0v) is 16.1. The van der Waals surface area contributed by atoms with E-state index in [0.29, 0.717) is 5.41 Å². The molecule has 27 heavy (non-hydrogen) atoms. The number of nitrogens with zero attached hydrogens (tertiary/aromatic N) is 3. The smallest absolute Gasteiger partial charge is 0.123 e. The van der Waals surface area contributed by atoms with E-state index in [-0.39, 0.29) is 5.82 Å². The van der Waals surface area contributed by atoms with Crippen molar-refractivity contribution in [2.75, 3.05) is 13.1 Å². The van der Waals surface area contributed by atoms with Gasteiger partial charge in [0.25, 0.3) is 0 Å². The molecule has 1 heterocycles. The summed E-state index contributed by atoms with van der Waals surface area (Å²) >= 11 is 0. The molecule has 0 spiro atoms. The van der Waals surface area contributed by atoms with E-state index >= 15 is 0 Å². The topological polar surface area (TPSA) is 21.1 Å². The first-order chi connectivity index (χ1) is 13.2. The number of aromatic nitrogens is 2. The molecule has 0 N–H and O–H groups in total. The van der Waals surface area contributed by atoms with E-state index in [0.717, 1.165) is 43.0 Å². The van der Waals surface area contributed by atoms with Crippen molar-refractivity contribution in [1.82, 2.24) is 14.7 Å². The van der Waals surface area contributed by atoms with Gasteiger partial charge in [0.2, 0.25) is 0 Å². The monoisotopic (exact) mass is 367 g/mol. The Morgan fingerprint density at radius 2 is 1.81 bits per heavy atom. The molecule has 144 valence electrons. The van der Waals surface area contributed by atoms with Crippen LogP contribution in [-0.2, 0) is 13.1 Å². The van der Waals surface area contributed by atoms with E-state index in [1.807, 2.05) is 29.1 Å². The molecule has 0 atom stereocenters. The average Bonchev–Trinajstić information content (AvgIpc) is 3.11. The molecule has 0 radical (unpaired) electrons. The van der Waals surface area contributed by atoms with Crippen molar-refractivity contribution in [3.63, 3.8) is 0 Å². The Bertz CT molecular complexity index is 734. The van der Waals surface area contributed by atoms with Gasteiger partial charge in [-0.2, -0.15) is 5.10 Å². The van der Waals surface area contributed by atoms with Crippen molar-refractivity contribution in [2.45, 2.75) is 51.6 Å². The van der Waals surface area contributed by atoms with Crippen molar-refractivity contribution in [2.24, 2.45) is 23.2 Å². The van der Waals surface area contributed by atoms with Crippen molar-refractivity contribution >= 4 is 0 Å². The molecule has 4 aliphatic rings. The van der Waals surface area contributed by atoms with Crippen molar-refractivity contribution in [1.29, 1.82) is 0 Å². The van der Waals surface area contributed by atoms with Crippen molar-refractivity contribution in [3.05, 3.63) is 54.1 Å². The summed E-state index contributed by atoms with van der Waals surface area (Å²) < 4.78 is 15.6. The van der Waals surface area contributed by atoms with E-state index < -0.39 is 0 Å². The third-order valence-corrected chi connectivity index (χ3v) is 7.23. The summed E-state index contributed by atoms with van der Waals surface area (Å²) in [4.78, 5) is 2.57. The highest BCUT2D eigenvalue weighted by Gasteiger charge is 2.51. The molecule has 4 bridgehead atoms. The minimum Gasteiger partial charge on any atom is -0.284 e. The van der Waals surface area contributed by atoms with Gasteiger partial charge in [-0.05, 0) is 91.9 Å². The van der Waals surface area contributed by atoms with Crippen LogP contribution in [0.25, 0.3) is 0 Å². The molecule has 4 aliphatic carbocycles. The summed E-state index contributed by atoms with van der Waals surface area (Å²) in [5.41, 5.74) is 1.61. The maximum Gasteiger partial charge on any atom is 0.123 e. The first-order valence-electron chi connectivity index (χ1n) is 10.6. The molecule has 0 saturated heterocycles. The maximum atomic E-state index is 13.6. The molecule has 1 aromatic carbocycles.